The summed E-state index contributed by atoms with van der Waals surface area (Å²) in [6.07, 6.45) is -3.49. The Morgan fingerprint density at radius 2 is 2.00 bits per heavy atom. The average Bonchev–Trinajstić information content (AvgIpc) is 2.15. The number of hydrogen-bond acceptors (Lipinski definition) is 1. The van der Waals surface area contributed by atoms with E-state index in [0.29, 0.717) is 11.1 Å². The summed E-state index contributed by atoms with van der Waals surface area (Å²) in [5.41, 5.74) is 0.417. The normalized spacial score (nSPS) is 15.0. The third-order valence-corrected chi connectivity index (χ3v) is 2.14. The zero-order chi connectivity index (χ0) is 12.3. The van der Waals surface area contributed by atoms with E-state index < -0.39 is 17.8 Å². The zero-order valence-electron chi connectivity index (χ0n) is 9.05. The van der Waals surface area contributed by atoms with Crippen LogP contribution in [0, 0.1) is 0 Å². The second kappa shape index (κ2) is 4.70. The maximum absolute atomic E-state index is 12.4. The van der Waals surface area contributed by atoms with E-state index in [-0.39, 0.29) is 0 Å². The summed E-state index contributed by atoms with van der Waals surface area (Å²) in [4.78, 5) is 0. The molecule has 0 radical (unpaired) electrons. The van der Waals surface area contributed by atoms with Crippen molar-refractivity contribution in [3.8, 4) is 0 Å². The maximum atomic E-state index is 12.4. The quantitative estimate of drug-likeness (QED) is 0.824. The van der Waals surface area contributed by atoms with E-state index >= 15 is 0 Å². The molecule has 0 fully saturated rings. The van der Waals surface area contributed by atoms with Gasteiger partial charge in [0.25, 0.3) is 0 Å². The summed E-state index contributed by atoms with van der Waals surface area (Å²) >= 11 is 0. The van der Waals surface area contributed by atoms with Crippen LogP contribution < -0.4 is 0 Å². The Labute approximate surface area is 92.2 Å². The van der Waals surface area contributed by atoms with Crippen LogP contribution in [0.5, 0.6) is 0 Å². The molecule has 0 aliphatic rings. The minimum Gasteiger partial charge on any atom is -0.389 e. The van der Waals surface area contributed by atoms with Gasteiger partial charge in [-0.25, -0.2) is 0 Å². The largest absolute Gasteiger partial charge is 0.416 e. The molecule has 0 amide bonds. The fourth-order valence-electron chi connectivity index (χ4n) is 1.40. The Kier molecular flexibility index (Phi) is 3.75. The van der Waals surface area contributed by atoms with Gasteiger partial charge < -0.3 is 5.11 Å². The summed E-state index contributed by atoms with van der Waals surface area (Å²) in [5.74, 6) is 0. The van der Waals surface area contributed by atoms with Gasteiger partial charge in [0, 0.05) is 0 Å². The average molecular weight is 230 g/mol. The lowest BCUT2D eigenvalue weighted by Gasteiger charge is -2.09. The van der Waals surface area contributed by atoms with Crippen molar-refractivity contribution in [2.45, 2.75) is 26.1 Å². The molecule has 1 atom stereocenters. The highest BCUT2D eigenvalue weighted by Crippen LogP contribution is 2.30. The van der Waals surface area contributed by atoms with Crippen LogP contribution in [-0.2, 0) is 6.18 Å². The summed E-state index contributed by atoms with van der Waals surface area (Å²) in [7, 11) is 0. The molecule has 0 aromatic heterocycles. The molecule has 88 valence electrons. The van der Waals surface area contributed by atoms with E-state index in [4.69, 9.17) is 5.11 Å². The Bertz CT molecular complexity index is 391. The molecule has 4 heteroatoms. The Morgan fingerprint density at radius 1 is 1.38 bits per heavy atom. The predicted molar refractivity (Wildman–Crippen MR) is 56.8 cm³/mol. The molecule has 1 unspecified atom stereocenters. The van der Waals surface area contributed by atoms with Crippen molar-refractivity contribution >= 4 is 5.57 Å². The van der Waals surface area contributed by atoms with Crippen molar-refractivity contribution in [3.63, 3.8) is 0 Å². The van der Waals surface area contributed by atoms with Crippen LogP contribution in [0.25, 0.3) is 5.57 Å². The molecule has 1 rings (SSSR count). The van der Waals surface area contributed by atoms with Crippen LogP contribution in [-0.4, -0.2) is 11.2 Å². The van der Waals surface area contributed by atoms with Crippen LogP contribution >= 0.6 is 0 Å². The number of aliphatic hydroxyl groups is 1. The molecule has 0 bridgehead atoms. The lowest BCUT2D eigenvalue weighted by molar-refractivity contribution is -0.137. The molecule has 0 aliphatic carbocycles. The summed E-state index contributed by atoms with van der Waals surface area (Å²) in [5, 5.41) is 9.11. The summed E-state index contributed by atoms with van der Waals surface area (Å²) in [6.45, 7) is 3.22. The molecule has 0 spiro atoms. The Balaban J connectivity index is 3.09. The first-order valence-corrected chi connectivity index (χ1v) is 4.85. The molecule has 16 heavy (non-hydrogen) atoms. The van der Waals surface area contributed by atoms with Crippen LogP contribution in [0.3, 0.4) is 0 Å². The van der Waals surface area contributed by atoms with Gasteiger partial charge >= 0.3 is 6.18 Å². The van der Waals surface area contributed by atoms with Crippen molar-refractivity contribution in [3.05, 3.63) is 41.5 Å². The van der Waals surface area contributed by atoms with E-state index in [2.05, 4.69) is 0 Å². The molecule has 0 heterocycles. The van der Waals surface area contributed by atoms with Gasteiger partial charge in [-0.1, -0.05) is 18.2 Å². The van der Waals surface area contributed by atoms with Gasteiger partial charge in [0.05, 0.1) is 11.7 Å². The fraction of sp³-hybridized carbons (Fsp3) is 0.333. The topological polar surface area (TPSA) is 20.2 Å². The van der Waals surface area contributed by atoms with E-state index in [1.165, 1.54) is 12.1 Å². The van der Waals surface area contributed by atoms with Crippen LogP contribution in [0.15, 0.2) is 30.3 Å². The van der Waals surface area contributed by atoms with Crippen molar-refractivity contribution in [2.24, 2.45) is 0 Å². The minimum atomic E-state index is -4.33. The van der Waals surface area contributed by atoms with Gasteiger partial charge in [-0.3, -0.25) is 0 Å². The van der Waals surface area contributed by atoms with Crippen molar-refractivity contribution < 1.29 is 18.3 Å². The smallest absolute Gasteiger partial charge is 0.389 e. The van der Waals surface area contributed by atoms with Gasteiger partial charge in [0.15, 0.2) is 0 Å². The monoisotopic (exact) mass is 230 g/mol. The van der Waals surface area contributed by atoms with Crippen molar-refractivity contribution in [1.29, 1.82) is 0 Å². The number of rotatable bonds is 2. The number of allylic oxidation sites excluding steroid dienone is 1. The number of halogens is 3. The predicted octanol–water partition coefficient (Wildman–Crippen LogP) is 3.49. The lowest BCUT2D eigenvalue weighted by atomic mass is 10.0. The van der Waals surface area contributed by atoms with Crippen LogP contribution in [0.2, 0.25) is 0 Å². The van der Waals surface area contributed by atoms with Gasteiger partial charge in [0.2, 0.25) is 0 Å². The third kappa shape index (κ3) is 3.38. The number of aliphatic hydroxyl groups excluding tert-OH is 1. The van der Waals surface area contributed by atoms with Gasteiger partial charge in [-0.2, -0.15) is 13.2 Å². The van der Waals surface area contributed by atoms with E-state index in [1.54, 1.807) is 19.9 Å². The summed E-state index contributed by atoms with van der Waals surface area (Å²) < 4.78 is 37.3. The van der Waals surface area contributed by atoms with Crippen LogP contribution in [0.1, 0.15) is 25.0 Å². The standard InChI is InChI=1S/C12H13F3O/c1-8(6-9(2)16)10-4-3-5-11(7-10)12(13,14)15/h3-7,9,16H,1-2H3/b8-6-. The highest BCUT2D eigenvalue weighted by Gasteiger charge is 2.30. The minimum absolute atomic E-state index is 0.468. The summed E-state index contributed by atoms with van der Waals surface area (Å²) in [6, 6.07) is 5.05. The second-order valence-electron chi connectivity index (χ2n) is 3.67. The first-order chi connectivity index (χ1) is 7.30. The van der Waals surface area contributed by atoms with Crippen molar-refractivity contribution in [1.82, 2.24) is 0 Å². The molecule has 1 aromatic carbocycles. The number of alkyl halides is 3. The molecule has 0 aliphatic heterocycles. The Hall–Kier alpha value is -1.29. The highest BCUT2D eigenvalue weighted by atomic mass is 19.4. The first kappa shape index (κ1) is 12.8. The SMILES string of the molecule is C/C(=C/C(C)O)c1cccc(C(F)(F)F)c1. The van der Waals surface area contributed by atoms with Crippen molar-refractivity contribution in [2.75, 3.05) is 0 Å². The zero-order valence-corrected chi connectivity index (χ0v) is 9.05. The van der Waals surface area contributed by atoms with Crippen LogP contribution in [0.4, 0.5) is 13.2 Å². The fourth-order valence-corrected chi connectivity index (χ4v) is 1.40. The molecule has 1 nitrogen and oxygen atoms in total. The van der Waals surface area contributed by atoms with Gasteiger partial charge in [-0.05, 0) is 37.1 Å². The van der Waals surface area contributed by atoms with Gasteiger partial charge in [-0.15, -0.1) is 0 Å². The number of benzene rings is 1. The molecule has 1 N–H and O–H groups in total. The van der Waals surface area contributed by atoms with E-state index in [0.717, 1.165) is 12.1 Å². The van der Waals surface area contributed by atoms with E-state index in [1.807, 2.05) is 0 Å². The molecule has 1 aromatic rings. The Morgan fingerprint density at radius 3 is 2.50 bits per heavy atom. The van der Waals surface area contributed by atoms with Gasteiger partial charge in [0.1, 0.15) is 0 Å². The lowest BCUT2D eigenvalue weighted by Crippen LogP contribution is -2.05. The highest BCUT2D eigenvalue weighted by molar-refractivity contribution is 5.64. The first-order valence-electron chi connectivity index (χ1n) is 4.85. The maximum Gasteiger partial charge on any atom is 0.416 e. The molecule has 0 saturated heterocycles. The van der Waals surface area contributed by atoms with E-state index in [9.17, 15) is 13.2 Å². The molecular weight excluding hydrogens is 217 g/mol. The number of hydrogen-bond donors (Lipinski definition) is 1. The molecular formula is C12H13F3O. The third-order valence-electron chi connectivity index (χ3n) is 2.14. The second-order valence-corrected chi connectivity index (χ2v) is 3.67. The molecule has 0 saturated carbocycles.